The molecule has 0 unspecified atom stereocenters. The summed E-state index contributed by atoms with van der Waals surface area (Å²) in [5.41, 5.74) is 1.06. The first-order chi connectivity index (χ1) is 9.77. The fourth-order valence-corrected chi connectivity index (χ4v) is 2.20. The number of unbranched alkanes of at least 4 members (excludes halogenated alkanes) is 1. The van der Waals surface area contributed by atoms with Crippen LogP contribution in [-0.4, -0.2) is 23.6 Å². The van der Waals surface area contributed by atoms with Crippen molar-refractivity contribution in [1.82, 2.24) is 9.97 Å². The highest BCUT2D eigenvalue weighted by Gasteiger charge is 2.18. The second-order valence-corrected chi connectivity index (χ2v) is 4.72. The van der Waals surface area contributed by atoms with Crippen LogP contribution < -0.4 is 9.64 Å². The quantitative estimate of drug-likeness (QED) is 0.752. The Labute approximate surface area is 124 Å². The molecule has 1 aromatic carbocycles. The first-order valence-corrected chi connectivity index (χ1v) is 7.02. The van der Waals surface area contributed by atoms with E-state index in [0.717, 1.165) is 25.1 Å². The van der Waals surface area contributed by atoms with E-state index in [9.17, 15) is 0 Å². The third kappa shape index (κ3) is 3.20. The number of methoxy groups -OCH3 is 1. The van der Waals surface area contributed by atoms with Gasteiger partial charge in [0.25, 0.3) is 0 Å². The van der Waals surface area contributed by atoms with E-state index in [1.54, 1.807) is 7.11 Å². The number of halogens is 1. The van der Waals surface area contributed by atoms with Crippen LogP contribution in [-0.2, 0) is 0 Å². The van der Waals surface area contributed by atoms with Crippen molar-refractivity contribution in [3.05, 3.63) is 41.8 Å². The molecular weight excluding hydrogens is 274 g/mol. The van der Waals surface area contributed by atoms with E-state index >= 15 is 0 Å². The van der Waals surface area contributed by atoms with Gasteiger partial charge in [-0.05, 0) is 18.6 Å². The molecule has 0 saturated carbocycles. The molecule has 4 nitrogen and oxygen atoms in total. The van der Waals surface area contributed by atoms with Crippen molar-refractivity contribution in [1.29, 1.82) is 0 Å². The van der Waals surface area contributed by atoms with Gasteiger partial charge < -0.3 is 9.64 Å². The molecule has 0 aliphatic rings. The van der Waals surface area contributed by atoms with E-state index in [1.807, 2.05) is 30.3 Å². The van der Waals surface area contributed by atoms with Gasteiger partial charge in [-0.1, -0.05) is 43.1 Å². The molecule has 0 aliphatic heterocycles. The smallest absolute Gasteiger partial charge is 0.199 e. The minimum Gasteiger partial charge on any atom is -0.490 e. The average Bonchev–Trinajstić information content (AvgIpc) is 2.49. The lowest BCUT2D eigenvalue weighted by atomic mass is 10.2. The van der Waals surface area contributed by atoms with Crippen LogP contribution in [0, 0.1) is 0 Å². The van der Waals surface area contributed by atoms with Crippen LogP contribution in [0.3, 0.4) is 0 Å². The predicted octanol–water partition coefficient (Wildman–Crippen LogP) is 4.08. The number of hydrogen-bond donors (Lipinski definition) is 0. The lowest BCUT2D eigenvalue weighted by Crippen LogP contribution is -2.20. The number of hydrogen-bond acceptors (Lipinski definition) is 4. The number of ether oxygens (including phenoxy) is 1. The number of rotatable bonds is 6. The van der Waals surface area contributed by atoms with E-state index in [2.05, 4.69) is 21.8 Å². The van der Waals surface area contributed by atoms with Crippen molar-refractivity contribution in [2.45, 2.75) is 19.8 Å². The van der Waals surface area contributed by atoms with Gasteiger partial charge in [-0.15, -0.1) is 0 Å². The molecule has 0 radical (unpaired) electrons. The molecule has 0 fully saturated rings. The van der Waals surface area contributed by atoms with Crippen LogP contribution in [0.25, 0.3) is 0 Å². The Morgan fingerprint density at radius 1 is 1.20 bits per heavy atom. The second-order valence-electron chi connectivity index (χ2n) is 4.36. The van der Waals surface area contributed by atoms with Crippen molar-refractivity contribution < 1.29 is 4.74 Å². The zero-order valence-corrected chi connectivity index (χ0v) is 12.5. The Bertz CT molecular complexity index is 548. The van der Waals surface area contributed by atoms with Crippen LogP contribution in [0.2, 0.25) is 5.15 Å². The summed E-state index contributed by atoms with van der Waals surface area (Å²) in [7, 11) is 1.58. The molecule has 2 aromatic rings. The number of benzene rings is 1. The lowest BCUT2D eigenvalue weighted by Gasteiger charge is -2.25. The van der Waals surface area contributed by atoms with Crippen molar-refractivity contribution in [3.63, 3.8) is 0 Å². The minimum absolute atomic E-state index is 0.329. The summed E-state index contributed by atoms with van der Waals surface area (Å²) in [4.78, 5) is 10.4. The summed E-state index contributed by atoms with van der Waals surface area (Å²) in [6.45, 7) is 3.01. The van der Waals surface area contributed by atoms with Crippen molar-refractivity contribution in [3.8, 4) is 5.75 Å². The SMILES string of the molecule is CCCCN(c1ccccc1)c1ncnc(Cl)c1OC. The third-order valence-corrected chi connectivity index (χ3v) is 3.27. The molecule has 0 amide bonds. The molecule has 0 aliphatic carbocycles. The Hall–Kier alpha value is -1.81. The monoisotopic (exact) mass is 291 g/mol. The van der Waals surface area contributed by atoms with Crippen LogP contribution in [0.15, 0.2) is 36.7 Å². The Kier molecular flexibility index (Phi) is 5.18. The van der Waals surface area contributed by atoms with Gasteiger partial charge >= 0.3 is 0 Å². The zero-order valence-electron chi connectivity index (χ0n) is 11.7. The van der Waals surface area contributed by atoms with E-state index in [1.165, 1.54) is 6.33 Å². The molecule has 2 rings (SSSR count). The molecular formula is C15H18ClN3O. The standard InChI is InChI=1S/C15H18ClN3O/c1-3-4-10-19(12-8-6-5-7-9-12)15-13(20-2)14(16)17-11-18-15/h5-9,11H,3-4,10H2,1-2H3. The maximum Gasteiger partial charge on any atom is 0.199 e. The van der Waals surface area contributed by atoms with Crippen molar-refractivity contribution in [2.75, 3.05) is 18.6 Å². The van der Waals surface area contributed by atoms with Crippen LogP contribution in [0.1, 0.15) is 19.8 Å². The first kappa shape index (κ1) is 14.6. The molecule has 5 heteroatoms. The number of aromatic nitrogens is 2. The average molecular weight is 292 g/mol. The molecule has 0 atom stereocenters. The molecule has 0 saturated heterocycles. The van der Waals surface area contributed by atoms with Crippen LogP contribution in [0.4, 0.5) is 11.5 Å². The predicted molar refractivity (Wildman–Crippen MR) is 82.0 cm³/mol. The normalized spacial score (nSPS) is 10.3. The molecule has 1 aromatic heterocycles. The third-order valence-electron chi connectivity index (χ3n) is 3.00. The van der Waals surface area contributed by atoms with Crippen LogP contribution >= 0.6 is 11.6 Å². The fraction of sp³-hybridized carbons (Fsp3) is 0.333. The Morgan fingerprint density at radius 2 is 1.95 bits per heavy atom. The summed E-state index contributed by atoms with van der Waals surface area (Å²) in [5.74, 6) is 1.21. The van der Waals surface area contributed by atoms with Gasteiger partial charge in [0, 0.05) is 12.2 Å². The lowest BCUT2D eigenvalue weighted by molar-refractivity contribution is 0.411. The molecule has 20 heavy (non-hydrogen) atoms. The van der Waals surface area contributed by atoms with Crippen molar-refractivity contribution in [2.24, 2.45) is 0 Å². The summed E-state index contributed by atoms with van der Waals surface area (Å²) in [5, 5.41) is 0.329. The molecule has 0 N–H and O–H groups in total. The highest BCUT2D eigenvalue weighted by atomic mass is 35.5. The van der Waals surface area contributed by atoms with E-state index < -0.39 is 0 Å². The summed E-state index contributed by atoms with van der Waals surface area (Å²) in [6, 6.07) is 10.1. The number of nitrogens with zero attached hydrogens (tertiary/aromatic N) is 3. The first-order valence-electron chi connectivity index (χ1n) is 6.65. The van der Waals surface area contributed by atoms with E-state index in [-0.39, 0.29) is 0 Å². The summed E-state index contributed by atoms with van der Waals surface area (Å²) >= 11 is 6.09. The number of anilines is 2. The van der Waals surface area contributed by atoms with E-state index in [0.29, 0.717) is 16.7 Å². The fourth-order valence-electron chi connectivity index (χ4n) is 1.99. The topological polar surface area (TPSA) is 38.2 Å². The Morgan fingerprint density at radius 3 is 2.60 bits per heavy atom. The number of para-hydroxylation sites is 1. The van der Waals surface area contributed by atoms with Gasteiger partial charge in [-0.3, -0.25) is 0 Å². The van der Waals surface area contributed by atoms with Gasteiger partial charge in [0.1, 0.15) is 6.33 Å². The van der Waals surface area contributed by atoms with Gasteiger partial charge in [0.05, 0.1) is 7.11 Å². The minimum atomic E-state index is 0.329. The Balaban J connectivity index is 2.44. The summed E-state index contributed by atoms with van der Waals surface area (Å²) < 4.78 is 5.36. The molecule has 1 heterocycles. The highest BCUT2D eigenvalue weighted by Crippen LogP contribution is 2.35. The van der Waals surface area contributed by atoms with Gasteiger partial charge in [0.2, 0.25) is 0 Å². The van der Waals surface area contributed by atoms with Crippen molar-refractivity contribution >= 4 is 23.1 Å². The van der Waals surface area contributed by atoms with E-state index in [4.69, 9.17) is 16.3 Å². The largest absolute Gasteiger partial charge is 0.490 e. The molecule has 106 valence electrons. The molecule has 0 spiro atoms. The van der Waals surface area contributed by atoms with Gasteiger partial charge in [-0.25, -0.2) is 9.97 Å². The molecule has 0 bridgehead atoms. The summed E-state index contributed by atoms with van der Waals surface area (Å²) in [6.07, 6.45) is 3.62. The second kappa shape index (κ2) is 7.10. The maximum atomic E-state index is 6.09. The van der Waals surface area contributed by atoms with Gasteiger partial charge in [0.15, 0.2) is 16.7 Å². The maximum absolute atomic E-state index is 6.09. The zero-order chi connectivity index (χ0) is 14.4. The highest BCUT2D eigenvalue weighted by molar-refractivity contribution is 6.31. The van der Waals surface area contributed by atoms with Gasteiger partial charge in [-0.2, -0.15) is 0 Å². The van der Waals surface area contributed by atoms with Crippen LogP contribution in [0.5, 0.6) is 5.75 Å².